The third-order valence-corrected chi connectivity index (χ3v) is 3.62. The van der Waals surface area contributed by atoms with Gasteiger partial charge in [-0.2, -0.15) is 0 Å². The second kappa shape index (κ2) is 5.62. The molecule has 2 heteroatoms. The molecule has 1 rings (SSSR count). The summed E-state index contributed by atoms with van der Waals surface area (Å²) in [6.45, 7) is 8.21. The minimum absolute atomic E-state index is 0.0431. The van der Waals surface area contributed by atoms with E-state index < -0.39 is 0 Å². The van der Waals surface area contributed by atoms with E-state index in [4.69, 9.17) is 0 Å². The molecule has 16 heavy (non-hydrogen) atoms. The average Bonchev–Trinajstić information content (AvgIpc) is 2.26. The predicted octanol–water partition coefficient (Wildman–Crippen LogP) is 4.80. The number of carbonyl (C=O) groups is 1. The number of Topliss-reactive ketones (excluding diaryl/α,β-unsaturated/α-hetero) is 1. The fourth-order valence-electron chi connectivity index (χ4n) is 1.72. The molecule has 0 saturated carbocycles. The zero-order chi connectivity index (χ0) is 12.3. The van der Waals surface area contributed by atoms with E-state index in [2.05, 4.69) is 35.8 Å². The SMILES string of the molecule is CCC(C)c1cccc(Br)c1C(=O)C(C)C. The van der Waals surface area contributed by atoms with Crippen molar-refractivity contribution in [2.75, 3.05) is 0 Å². The number of hydrogen-bond acceptors (Lipinski definition) is 1. The highest BCUT2D eigenvalue weighted by Crippen LogP contribution is 2.30. The van der Waals surface area contributed by atoms with E-state index >= 15 is 0 Å². The fraction of sp³-hybridized carbons (Fsp3) is 0.500. The van der Waals surface area contributed by atoms with Crippen molar-refractivity contribution in [3.8, 4) is 0 Å². The van der Waals surface area contributed by atoms with Crippen molar-refractivity contribution in [3.05, 3.63) is 33.8 Å². The van der Waals surface area contributed by atoms with Crippen LogP contribution in [0.2, 0.25) is 0 Å². The van der Waals surface area contributed by atoms with E-state index in [1.54, 1.807) is 0 Å². The number of benzene rings is 1. The lowest BCUT2D eigenvalue weighted by Crippen LogP contribution is -2.12. The van der Waals surface area contributed by atoms with Gasteiger partial charge in [0.2, 0.25) is 0 Å². The summed E-state index contributed by atoms with van der Waals surface area (Å²) in [6, 6.07) is 6.01. The topological polar surface area (TPSA) is 17.1 Å². The average molecular weight is 283 g/mol. The van der Waals surface area contributed by atoms with Gasteiger partial charge < -0.3 is 0 Å². The Bertz CT molecular complexity index is 382. The molecule has 88 valence electrons. The summed E-state index contributed by atoms with van der Waals surface area (Å²) in [5.74, 6) is 0.694. The van der Waals surface area contributed by atoms with Crippen molar-refractivity contribution in [1.29, 1.82) is 0 Å². The summed E-state index contributed by atoms with van der Waals surface area (Å²) in [5.41, 5.74) is 2.03. The summed E-state index contributed by atoms with van der Waals surface area (Å²) in [5, 5.41) is 0. The molecule has 0 bridgehead atoms. The smallest absolute Gasteiger partial charge is 0.166 e. The molecule has 0 radical (unpaired) electrons. The van der Waals surface area contributed by atoms with Crippen molar-refractivity contribution >= 4 is 21.7 Å². The molecule has 1 aromatic carbocycles. The first-order valence-electron chi connectivity index (χ1n) is 5.81. The molecule has 0 aliphatic heterocycles. The van der Waals surface area contributed by atoms with Crippen LogP contribution in [0.25, 0.3) is 0 Å². The van der Waals surface area contributed by atoms with Gasteiger partial charge >= 0.3 is 0 Å². The lowest BCUT2D eigenvalue weighted by atomic mass is 9.89. The van der Waals surface area contributed by atoms with Gasteiger partial charge in [0.1, 0.15) is 0 Å². The van der Waals surface area contributed by atoms with Gasteiger partial charge in [-0.15, -0.1) is 0 Å². The molecule has 0 spiro atoms. The molecule has 0 amide bonds. The maximum absolute atomic E-state index is 12.2. The van der Waals surface area contributed by atoms with Crippen molar-refractivity contribution in [2.24, 2.45) is 5.92 Å². The molecular weight excluding hydrogens is 264 g/mol. The molecule has 0 heterocycles. The third-order valence-electron chi connectivity index (χ3n) is 2.96. The van der Waals surface area contributed by atoms with Gasteiger partial charge in [0, 0.05) is 16.0 Å². The Morgan fingerprint density at radius 1 is 1.31 bits per heavy atom. The van der Waals surface area contributed by atoms with Gasteiger partial charge in [-0.1, -0.05) is 55.8 Å². The minimum Gasteiger partial charge on any atom is -0.294 e. The zero-order valence-corrected chi connectivity index (χ0v) is 12.0. The first-order chi connectivity index (χ1) is 7.49. The fourth-order valence-corrected chi connectivity index (χ4v) is 2.30. The molecule has 0 fully saturated rings. The second-order valence-corrected chi connectivity index (χ2v) is 5.39. The molecule has 1 nitrogen and oxygen atoms in total. The molecule has 0 aromatic heterocycles. The number of rotatable bonds is 4. The number of carbonyl (C=O) groups excluding carboxylic acids is 1. The van der Waals surface area contributed by atoms with Crippen LogP contribution in [-0.4, -0.2) is 5.78 Å². The lowest BCUT2D eigenvalue weighted by Gasteiger charge is -2.17. The third kappa shape index (κ3) is 2.73. The van der Waals surface area contributed by atoms with Gasteiger partial charge in [0.15, 0.2) is 5.78 Å². The molecule has 0 N–H and O–H groups in total. The first-order valence-corrected chi connectivity index (χ1v) is 6.60. The van der Waals surface area contributed by atoms with Crippen LogP contribution in [0, 0.1) is 5.92 Å². The summed E-state index contributed by atoms with van der Waals surface area (Å²) in [7, 11) is 0. The Hall–Kier alpha value is -0.630. The van der Waals surface area contributed by atoms with E-state index in [0.29, 0.717) is 5.92 Å². The van der Waals surface area contributed by atoms with Crippen LogP contribution in [0.1, 0.15) is 56.0 Å². The number of ketones is 1. The normalized spacial score (nSPS) is 12.9. The first kappa shape index (κ1) is 13.4. The van der Waals surface area contributed by atoms with Gasteiger partial charge in [-0.3, -0.25) is 4.79 Å². The van der Waals surface area contributed by atoms with E-state index in [1.807, 2.05) is 26.0 Å². The Morgan fingerprint density at radius 3 is 2.44 bits per heavy atom. The number of halogens is 1. The summed E-state index contributed by atoms with van der Waals surface area (Å²) < 4.78 is 0.920. The monoisotopic (exact) mass is 282 g/mol. The second-order valence-electron chi connectivity index (χ2n) is 4.53. The van der Waals surface area contributed by atoms with Crippen LogP contribution in [0.3, 0.4) is 0 Å². The highest BCUT2D eigenvalue weighted by Gasteiger charge is 2.20. The van der Waals surface area contributed by atoms with E-state index in [0.717, 1.165) is 22.0 Å². The van der Waals surface area contributed by atoms with E-state index in [-0.39, 0.29) is 11.7 Å². The Labute approximate surface area is 106 Å². The van der Waals surface area contributed by atoms with Crippen molar-refractivity contribution in [1.82, 2.24) is 0 Å². The Balaban J connectivity index is 3.29. The highest BCUT2D eigenvalue weighted by molar-refractivity contribution is 9.10. The van der Waals surface area contributed by atoms with Gasteiger partial charge in [0.05, 0.1) is 0 Å². The predicted molar refractivity (Wildman–Crippen MR) is 72.0 cm³/mol. The number of hydrogen-bond donors (Lipinski definition) is 0. The molecule has 1 atom stereocenters. The maximum atomic E-state index is 12.2. The quantitative estimate of drug-likeness (QED) is 0.725. The molecule has 0 aliphatic carbocycles. The highest BCUT2D eigenvalue weighted by atomic mass is 79.9. The van der Waals surface area contributed by atoms with Crippen LogP contribution >= 0.6 is 15.9 Å². The van der Waals surface area contributed by atoms with Gasteiger partial charge in [-0.05, 0) is 24.0 Å². The van der Waals surface area contributed by atoms with Crippen LogP contribution in [0.5, 0.6) is 0 Å². The Kier molecular flexibility index (Phi) is 4.72. The zero-order valence-electron chi connectivity index (χ0n) is 10.4. The maximum Gasteiger partial charge on any atom is 0.166 e. The van der Waals surface area contributed by atoms with Crippen LogP contribution in [0.4, 0.5) is 0 Å². The van der Waals surface area contributed by atoms with Crippen LogP contribution in [0.15, 0.2) is 22.7 Å². The van der Waals surface area contributed by atoms with E-state index in [1.165, 1.54) is 0 Å². The minimum atomic E-state index is 0.0431. The van der Waals surface area contributed by atoms with Crippen molar-refractivity contribution < 1.29 is 4.79 Å². The van der Waals surface area contributed by atoms with Gasteiger partial charge in [-0.25, -0.2) is 0 Å². The lowest BCUT2D eigenvalue weighted by molar-refractivity contribution is 0.0937. The van der Waals surface area contributed by atoms with Crippen LogP contribution in [-0.2, 0) is 0 Å². The Morgan fingerprint density at radius 2 is 1.94 bits per heavy atom. The molecule has 1 unspecified atom stereocenters. The standard InChI is InChI=1S/C14H19BrO/c1-5-10(4)11-7-6-8-12(15)13(11)14(16)9(2)3/h6-10H,5H2,1-4H3. The molecule has 1 aromatic rings. The molecule has 0 aliphatic rings. The van der Waals surface area contributed by atoms with E-state index in [9.17, 15) is 4.79 Å². The van der Waals surface area contributed by atoms with Crippen molar-refractivity contribution in [3.63, 3.8) is 0 Å². The summed E-state index contributed by atoms with van der Waals surface area (Å²) in [6.07, 6.45) is 1.05. The van der Waals surface area contributed by atoms with Crippen LogP contribution < -0.4 is 0 Å². The largest absolute Gasteiger partial charge is 0.294 e. The summed E-state index contributed by atoms with van der Waals surface area (Å²) in [4.78, 5) is 12.2. The molecular formula is C14H19BrO. The molecule has 0 saturated heterocycles. The van der Waals surface area contributed by atoms with Crippen molar-refractivity contribution in [2.45, 2.75) is 40.0 Å². The van der Waals surface area contributed by atoms with Gasteiger partial charge in [0.25, 0.3) is 0 Å². The summed E-state index contributed by atoms with van der Waals surface area (Å²) >= 11 is 3.49.